The Morgan fingerprint density at radius 3 is 2.31 bits per heavy atom. The number of halogens is 2. The van der Waals surface area contributed by atoms with Crippen LogP contribution >= 0.6 is 0 Å². The Hall–Kier alpha value is -4.01. The number of anilines is 1. The number of nitrogens with two attached hydrogens (primary N) is 2. The second-order valence-electron chi connectivity index (χ2n) is 7.05. The first kappa shape index (κ1) is 22.7. The molecule has 0 saturated carbocycles. The smallest absolute Gasteiger partial charge is 0.150 e. The number of nitrogens with zero attached hydrogens (tertiary/aromatic N) is 1. The monoisotopic (exact) mass is 438 g/mol. The van der Waals surface area contributed by atoms with Crippen molar-refractivity contribution >= 4 is 17.4 Å². The van der Waals surface area contributed by atoms with Crippen molar-refractivity contribution in [2.24, 2.45) is 11.5 Å². The fourth-order valence-corrected chi connectivity index (χ4v) is 3.13. The third kappa shape index (κ3) is 5.37. The summed E-state index contributed by atoms with van der Waals surface area (Å²) in [5.74, 6) is -0.0285. The molecule has 0 atom stereocenters. The summed E-state index contributed by atoms with van der Waals surface area (Å²) in [7, 11) is 0. The van der Waals surface area contributed by atoms with Crippen molar-refractivity contribution in [2.45, 2.75) is 26.5 Å². The molecule has 0 bridgehead atoms. The van der Waals surface area contributed by atoms with Gasteiger partial charge in [0.25, 0.3) is 0 Å². The maximum absolute atomic E-state index is 14.0. The van der Waals surface area contributed by atoms with Crippen molar-refractivity contribution in [3.05, 3.63) is 88.2 Å². The van der Waals surface area contributed by atoms with Gasteiger partial charge in [0.2, 0.25) is 0 Å². The Morgan fingerprint density at radius 2 is 1.69 bits per heavy atom. The highest BCUT2D eigenvalue weighted by atomic mass is 19.1. The molecule has 3 aromatic rings. The van der Waals surface area contributed by atoms with Crippen LogP contribution in [0.2, 0.25) is 0 Å². The van der Waals surface area contributed by atoms with Crippen LogP contribution < -0.4 is 21.5 Å². The van der Waals surface area contributed by atoms with Crippen molar-refractivity contribution in [2.75, 3.05) is 5.32 Å². The highest BCUT2D eigenvalue weighted by molar-refractivity contribution is 5.95. The van der Waals surface area contributed by atoms with E-state index in [0.29, 0.717) is 22.3 Å². The van der Waals surface area contributed by atoms with E-state index in [2.05, 4.69) is 10.3 Å². The number of benzene rings is 2. The van der Waals surface area contributed by atoms with Crippen LogP contribution in [0.5, 0.6) is 5.75 Å². The van der Waals surface area contributed by atoms with E-state index in [-0.39, 0.29) is 41.8 Å². The first-order valence-corrected chi connectivity index (χ1v) is 9.79. The van der Waals surface area contributed by atoms with Gasteiger partial charge in [0, 0.05) is 35.1 Å². The summed E-state index contributed by atoms with van der Waals surface area (Å²) >= 11 is 0. The summed E-state index contributed by atoms with van der Waals surface area (Å²) in [5, 5.41) is 18.1. The molecule has 32 heavy (non-hydrogen) atoms. The molecule has 0 radical (unpaired) electrons. The standard InChI is InChI=1S/C23H24F2N6O/c24-9-19-17(11-30-18-6-4-15(5-7-18)22(26)27)12-31-20(10-25)21(19)32-13-14-2-1-3-16(8-14)23(28)29/h1-8,12,30H,9-11,13H2,(H3,26,27)(H3,28,29). The first-order chi connectivity index (χ1) is 15.4. The molecule has 0 unspecified atom stereocenters. The van der Waals surface area contributed by atoms with Gasteiger partial charge in [0.1, 0.15) is 43.1 Å². The topological polar surface area (TPSA) is 134 Å². The van der Waals surface area contributed by atoms with Gasteiger partial charge in [0.15, 0.2) is 0 Å². The molecule has 2 aromatic carbocycles. The van der Waals surface area contributed by atoms with Crippen molar-refractivity contribution in [1.29, 1.82) is 10.8 Å². The molecule has 166 valence electrons. The lowest BCUT2D eigenvalue weighted by atomic mass is 10.1. The minimum atomic E-state index is -0.893. The Kier molecular flexibility index (Phi) is 7.33. The molecule has 0 saturated heterocycles. The minimum Gasteiger partial charge on any atom is -0.486 e. The molecular formula is C23H24F2N6O. The van der Waals surface area contributed by atoms with Crippen molar-refractivity contribution in [1.82, 2.24) is 4.98 Å². The molecule has 1 aromatic heterocycles. The number of nitrogen functional groups attached to an aromatic ring is 2. The number of hydrogen-bond acceptors (Lipinski definition) is 5. The zero-order valence-electron chi connectivity index (χ0n) is 17.3. The van der Waals surface area contributed by atoms with Gasteiger partial charge in [-0.25, -0.2) is 8.78 Å². The maximum atomic E-state index is 14.0. The van der Waals surface area contributed by atoms with Crippen LogP contribution in [-0.4, -0.2) is 16.7 Å². The number of nitrogens with one attached hydrogen (secondary N) is 3. The number of pyridine rings is 1. The highest BCUT2D eigenvalue weighted by Crippen LogP contribution is 2.29. The number of aromatic nitrogens is 1. The van der Waals surface area contributed by atoms with Gasteiger partial charge in [-0.3, -0.25) is 15.8 Å². The molecule has 0 aliphatic heterocycles. The fraction of sp³-hybridized carbons (Fsp3) is 0.174. The lowest BCUT2D eigenvalue weighted by Crippen LogP contribution is -2.12. The van der Waals surface area contributed by atoms with Crippen molar-refractivity contribution < 1.29 is 13.5 Å². The lowest BCUT2D eigenvalue weighted by molar-refractivity contribution is 0.287. The van der Waals surface area contributed by atoms with E-state index in [1.807, 2.05) is 0 Å². The normalized spacial score (nSPS) is 10.6. The maximum Gasteiger partial charge on any atom is 0.150 e. The fourth-order valence-electron chi connectivity index (χ4n) is 3.13. The predicted octanol–water partition coefficient (Wildman–Crippen LogP) is 3.78. The summed E-state index contributed by atoms with van der Waals surface area (Å²) < 4.78 is 33.3. The van der Waals surface area contributed by atoms with Crippen LogP contribution in [0.3, 0.4) is 0 Å². The molecule has 0 amide bonds. The van der Waals surface area contributed by atoms with Gasteiger partial charge in [-0.05, 0) is 41.5 Å². The summed E-state index contributed by atoms with van der Waals surface area (Å²) in [6.07, 6.45) is 1.43. The van der Waals surface area contributed by atoms with Gasteiger partial charge in [-0.1, -0.05) is 18.2 Å². The SMILES string of the molecule is N=C(N)c1ccc(NCc2cnc(CF)c(OCc3cccc(C(=N)N)c3)c2CF)cc1. The van der Waals surface area contributed by atoms with Crippen LogP contribution in [0.4, 0.5) is 14.5 Å². The molecule has 0 spiro atoms. The second-order valence-corrected chi connectivity index (χ2v) is 7.05. The van der Waals surface area contributed by atoms with E-state index in [1.54, 1.807) is 48.5 Å². The summed E-state index contributed by atoms with van der Waals surface area (Å²) in [6, 6.07) is 13.8. The number of rotatable bonds is 10. The molecule has 1 heterocycles. The number of alkyl halides is 2. The number of ether oxygens (including phenoxy) is 1. The molecule has 3 rings (SSSR count). The van der Waals surface area contributed by atoms with Crippen LogP contribution in [-0.2, 0) is 26.5 Å². The molecular weight excluding hydrogens is 414 g/mol. The summed E-state index contributed by atoms with van der Waals surface area (Å²) in [6.45, 7) is -1.45. The number of hydrogen-bond donors (Lipinski definition) is 5. The van der Waals surface area contributed by atoms with E-state index in [1.165, 1.54) is 6.20 Å². The van der Waals surface area contributed by atoms with Crippen LogP contribution in [0.15, 0.2) is 54.7 Å². The molecule has 7 N–H and O–H groups in total. The molecule has 9 heteroatoms. The predicted molar refractivity (Wildman–Crippen MR) is 120 cm³/mol. The van der Waals surface area contributed by atoms with E-state index in [0.717, 1.165) is 5.69 Å². The zero-order chi connectivity index (χ0) is 23.1. The second kappa shape index (κ2) is 10.3. The van der Waals surface area contributed by atoms with Crippen molar-refractivity contribution in [3.63, 3.8) is 0 Å². The van der Waals surface area contributed by atoms with Crippen molar-refractivity contribution in [3.8, 4) is 5.75 Å². The van der Waals surface area contributed by atoms with Gasteiger partial charge >= 0.3 is 0 Å². The summed E-state index contributed by atoms with van der Waals surface area (Å²) in [5.41, 5.74) is 14.3. The molecule has 0 aliphatic carbocycles. The Labute approximate surface area is 184 Å². The molecule has 0 fully saturated rings. The Balaban J connectivity index is 1.80. The Morgan fingerprint density at radius 1 is 0.969 bits per heavy atom. The average Bonchev–Trinajstić information content (AvgIpc) is 2.81. The lowest BCUT2D eigenvalue weighted by Gasteiger charge is -2.17. The zero-order valence-corrected chi connectivity index (χ0v) is 17.3. The largest absolute Gasteiger partial charge is 0.486 e. The third-order valence-electron chi connectivity index (χ3n) is 4.86. The first-order valence-electron chi connectivity index (χ1n) is 9.79. The van der Waals surface area contributed by atoms with Crippen LogP contribution in [0, 0.1) is 10.8 Å². The van der Waals surface area contributed by atoms with E-state index in [4.69, 9.17) is 27.0 Å². The van der Waals surface area contributed by atoms with E-state index in [9.17, 15) is 8.78 Å². The average molecular weight is 438 g/mol. The highest BCUT2D eigenvalue weighted by Gasteiger charge is 2.17. The van der Waals surface area contributed by atoms with Gasteiger partial charge in [-0.2, -0.15) is 0 Å². The van der Waals surface area contributed by atoms with Gasteiger partial charge in [-0.15, -0.1) is 0 Å². The van der Waals surface area contributed by atoms with E-state index < -0.39 is 13.3 Å². The third-order valence-corrected chi connectivity index (χ3v) is 4.86. The quantitative estimate of drug-likeness (QED) is 0.243. The van der Waals surface area contributed by atoms with Crippen LogP contribution in [0.25, 0.3) is 0 Å². The molecule has 0 aliphatic rings. The van der Waals surface area contributed by atoms with E-state index >= 15 is 0 Å². The van der Waals surface area contributed by atoms with Crippen LogP contribution in [0.1, 0.15) is 33.5 Å². The Bertz CT molecular complexity index is 1120. The van der Waals surface area contributed by atoms with Gasteiger partial charge in [0.05, 0.1) is 0 Å². The minimum absolute atomic E-state index is 0.0231. The number of amidine groups is 2. The molecule has 7 nitrogen and oxygen atoms in total. The summed E-state index contributed by atoms with van der Waals surface area (Å²) in [4.78, 5) is 4.11. The van der Waals surface area contributed by atoms with Gasteiger partial charge < -0.3 is 21.5 Å².